The number of carbonyl (C=O) groups excluding carboxylic acids is 2. The van der Waals surface area contributed by atoms with Crippen LogP contribution < -0.4 is 0 Å². The van der Waals surface area contributed by atoms with E-state index < -0.39 is 5.60 Å². The largest absolute Gasteiger partial charge is 0.465 e. The fourth-order valence-corrected chi connectivity index (χ4v) is 2.83. The average molecular weight is 345 g/mol. The first-order chi connectivity index (χ1) is 11.7. The first kappa shape index (κ1) is 17.3. The standard InChI is InChI=1S/C18H23N3O4/c1-10-6-13-14(7-12(10)16(22)24-5)20-15(19-13)11-8-21(9-11)17(23)25-18(2,3)4/h6-7,11H,8-9H2,1-5H3,(H,19,20). The highest BCUT2D eigenvalue weighted by Crippen LogP contribution is 2.29. The van der Waals surface area contributed by atoms with E-state index in [2.05, 4.69) is 9.97 Å². The van der Waals surface area contributed by atoms with Crippen LogP contribution in [0.25, 0.3) is 11.0 Å². The summed E-state index contributed by atoms with van der Waals surface area (Å²) in [5.41, 5.74) is 2.44. The number of aromatic amines is 1. The number of nitrogens with one attached hydrogen (secondary N) is 1. The minimum absolute atomic E-state index is 0.141. The summed E-state index contributed by atoms with van der Waals surface area (Å²) >= 11 is 0. The molecule has 1 aromatic carbocycles. The van der Waals surface area contributed by atoms with Gasteiger partial charge in [-0.15, -0.1) is 0 Å². The van der Waals surface area contributed by atoms with Crippen LogP contribution in [-0.4, -0.2) is 52.7 Å². The number of carbonyl (C=O) groups is 2. The molecule has 1 aromatic heterocycles. The summed E-state index contributed by atoms with van der Waals surface area (Å²) in [6, 6.07) is 3.63. The molecule has 1 fully saturated rings. The first-order valence-corrected chi connectivity index (χ1v) is 8.24. The molecule has 0 spiro atoms. The summed E-state index contributed by atoms with van der Waals surface area (Å²) in [5.74, 6) is 0.591. The lowest BCUT2D eigenvalue weighted by Gasteiger charge is -2.38. The number of imidazole rings is 1. The van der Waals surface area contributed by atoms with Gasteiger partial charge in [0.05, 0.1) is 29.6 Å². The van der Waals surface area contributed by atoms with Crippen LogP contribution in [0.1, 0.15) is 48.4 Å². The molecule has 0 unspecified atom stereocenters. The molecule has 2 aromatic rings. The molecule has 25 heavy (non-hydrogen) atoms. The van der Waals surface area contributed by atoms with Gasteiger partial charge in [0.1, 0.15) is 11.4 Å². The van der Waals surface area contributed by atoms with Crippen molar-refractivity contribution in [3.05, 3.63) is 29.1 Å². The van der Waals surface area contributed by atoms with Crippen LogP contribution in [0.5, 0.6) is 0 Å². The second kappa shape index (κ2) is 6.06. The minimum Gasteiger partial charge on any atom is -0.465 e. The van der Waals surface area contributed by atoms with Crippen molar-refractivity contribution >= 4 is 23.1 Å². The Kier molecular flexibility index (Phi) is 4.18. The van der Waals surface area contributed by atoms with Crippen molar-refractivity contribution in [2.24, 2.45) is 0 Å². The molecule has 2 heterocycles. The van der Waals surface area contributed by atoms with E-state index in [9.17, 15) is 9.59 Å². The van der Waals surface area contributed by atoms with Gasteiger partial charge in [-0.2, -0.15) is 0 Å². The van der Waals surface area contributed by atoms with Gasteiger partial charge in [-0.1, -0.05) is 0 Å². The summed E-state index contributed by atoms with van der Waals surface area (Å²) < 4.78 is 10.2. The van der Waals surface area contributed by atoms with Crippen molar-refractivity contribution in [3.63, 3.8) is 0 Å². The maximum Gasteiger partial charge on any atom is 0.410 e. The highest BCUT2D eigenvalue weighted by Gasteiger charge is 2.36. The van der Waals surface area contributed by atoms with Crippen LogP contribution >= 0.6 is 0 Å². The third-order valence-electron chi connectivity index (χ3n) is 4.17. The van der Waals surface area contributed by atoms with E-state index in [4.69, 9.17) is 9.47 Å². The van der Waals surface area contributed by atoms with Gasteiger partial charge in [0.25, 0.3) is 0 Å². The Morgan fingerprint density at radius 3 is 2.56 bits per heavy atom. The van der Waals surface area contributed by atoms with Crippen molar-refractivity contribution in [1.29, 1.82) is 0 Å². The van der Waals surface area contributed by atoms with Crippen molar-refractivity contribution < 1.29 is 19.1 Å². The number of rotatable bonds is 2. The maximum absolute atomic E-state index is 12.0. The van der Waals surface area contributed by atoms with Crippen LogP contribution in [0, 0.1) is 6.92 Å². The number of methoxy groups -OCH3 is 1. The predicted molar refractivity (Wildman–Crippen MR) is 92.7 cm³/mol. The van der Waals surface area contributed by atoms with Crippen LogP contribution in [0.2, 0.25) is 0 Å². The molecule has 1 amide bonds. The van der Waals surface area contributed by atoms with Gasteiger partial charge in [0, 0.05) is 13.1 Å². The van der Waals surface area contributed by atoms with Gasteiger partial charge >= 0.3 is 12.1 Å². The molecular formula is C18H23N3O4. The van der Waals surface area contributed by atoms with Crippen LogP contribution in [0.15, 0.2) is 12.1 Å². The fourth-order valence-electron chi connectivity index (χ4n) is 2.83. The number of benzene rings is 1. The van der Waals surface area contributed by atoms with Gasteiger partial charge in [0.15, 0.2) is 0 Å². The number of fused-ring (bicyclic) bond motifs is 1. The Bertz CT molecular complexity index is 829. The second-order valence-corrected chi connectivity index (χ2v) is 7.38. The molecular weight excluding hydrogens is 322 g/mol. The quantitative estimate of drug-likeness (QED) is 0.846. The minimum atomic E-state index is -0.497. The lowest BCUT2D eigenvalue weighted by molar-refractivity contribution is 0.00760. The summed E-state index contributed by atoms with van der Waals surface area (Å²) in [7, 11) is 1.37. The molecule has 0 saturated carbocycles. The Hall–Kier alpha value is -2.57. The first-order valence-electron chi connectivity index (χ1n) is 8.24. The van der Waals surface area contributed by atoms with Gasteiger partial charge in [-0.05, 0) is 45.4 Å². The molecule has 1 saturated heterocycles. The number of nitrogens with zero attached hydrogens (tertiary/aromatic N) is 2. The van der Waals surface area contributed by atoms with E-state index >= 15 is 0 Å². The number of H-pyrrole nitrogens is 1. The third-order valence-corrected chi connectivity index (χ3v) is 4.17. The normalized spacial score (nSPS) is 15.2. The number of aryl methyl sites for hydroxylation is 1. The zero-order chi connectivity index (χ0) is 18.4. The van der Waals surface area contributed by atoms with Crippen LogP contribution in [0.4, 0.5) is 4.79 Å². The molecule has 134 valence electrons. The number of hydrogen-bond acceptors (Lipinski definition) is 5. The molecule has 0 aliphatic carbocycles. The third kappa shape index (κ3) is 3.45. The van der Waals surface area contributed by atoms with E-state index in [0.717, 1.165) is 22.4 Å². The predicted octanol–water partition coefficient (Wildman–Crippen LogP) is 2.99. The zero-order valence-corrected chi connectivity index (χ0v) is 15.2. The van der Waals surface area contributed by atoms with E-state index in [1.54, 1.807) is 11.0 Å². The average Bonchev–Trinajstić information content (AvgIpc) is 2.84. The molecule has 7 heteroatoms. The van der Waals surface area contributed by atoms with Crippen molar-refractivity contribution in [2.75, 3.05) is 20.2 Å². The van der Waals surface area contributed by atoms with E-state index in [1.807, 2.05) is 33.8 Å². The number of aromatic nitrogens is 2. The molecule has 1 aliphatic heterocycles. The fraction of sp³-hybridized carbons (Fsp3) is 0.500. The van der Waals surface area contributed by atoms with Crippen molar-refractivity contribution in [1.82, 2.24) is 14.9 Å². The molecule has 1 aliphatic rings. The number of likely N-dealkylation sites (tertiary alicyclic amines) is 1. The molecule has 3 rings (SSSR count). The Morgan fingerprint density at radius 2 is 1.96 bits per heavy atom. The van der Waals surface area contributed by atoms with Crippen LogP contribution in [-0.2, 0) is 9.47 Å². The number of hydrogen-bond donors (Lipinski definition) is 1. The molecule has 0 radical (unpaired) electrons. The van der Waals surface area contributed by atoms with E-state index in [-0.39, 0.29) is 18.0 Å². The topological polar surface area (TPSA) is 84.5 Å². The monoisotopic (exact) mass is 345 g/mol. The second-order valence-electron chi connectivity index (χ2n) is 7.38. The van der Waals surface area contributed by atoms with Crippen molar-refractivity contribution in [2.45, 2.75) is 39.2 Å². The number of amides is 1. The lowest BCUT2D eigenvalue weighted by atomic mass is 10.0. The Labute approximate surface area is 146 Å². The SMILES string of the molecule is COC(=O)c1cc2[nH]c(C3CN(C(=O)OC(C)(C)C)C3)nc2cc1C. The van der Waals surface area contributed by atoms with Gasteiger partial charge in [0.2, 0.25) is 0 Å². The van der Waals surface area contributed by atoms with Crippen molar-refractivity contribution in [3.8, 4) is 0 Å². The zero-order valence-electron chi connectivity index (χ0n) is 15.2. The van der Waals surface area contributed by atoms with E-state index in [0.29, 0.717) is 18.7 Å². The number of ether oxygens (including phenoxy) is 2. The molecule has 7 nitrogen and oxygen atoms in total. The summed E-state index contributed by atoms with van der Waals surface area (Å²) in [4.78, 5) is 33.3. The Morgan fingerprint density at radius 1 is 1.28 bits per heavy atom. The van der Waals surface area contributed by atoms with Gasteiger partial charge < -0.3 is 19.4 Å². The lowest BCUT2D eigenvalue weighted by Crippen LogP contribution is -2.50. The smallest absolute Gasteiger partial charge is 0.410 e. The van der Waals surface area contributed by atoms with Gasteiger partial charge in [-0.3, -0.25) is 0 Å². The van der Waals surface area contributed by atoms with E-state index in [1.165, 1.54) is 7.11 Å². The molecule has 0 bridgehead atoms. The highest BCUT2D eigenvalue weighted by molar-refractivity contribution is 5.95. The molecule has 0 atom stereocenters. The van der Waals surface area contributed by atoms with Crippen LogP contribution in [0.3, 0.4) is 0 Å². The van der Waals surface area contributed by atoms with Gasteiger partial charge in [-0.25, -0.2) is 14.6 Å². The maximum atomic E-state index is 12.0. The summed E-state index contributed by atoms with van der Waals surface area (Å²) in [6.45, 7) is 8.54. The molecule has 1 N–H and O–H groups in total. The highest BCUT2D eigenvalue weighted by atomic mass is 16.6. The number of esters is 1. The Balaban J connectivity index is 1.74. The summed E-state index contributed by atoms with van der Waals surface area (Å²) in [5, 5.41) is 0. The summed E-state index contributed by atoms with van der Waals surface area (Å²) in [6.07, 6.45) is -0.302.